The number of carbonyl (C=O) groups is 1. The van der Waals surface area contributed by atoms with Crippen LogP contribution < -0.4 is 5.32 Å². The van der Waals surface area contributed by atoms with E-state index in [-0.39, 0.29) is 18.1 Å². The minimum atomic E-state index is -0.138. The number of carbonyl (C=O) groups excluding carboxylic acids is 1. The van der Waals surface area contributed by atoms with Crippen molar-refractivity contribution in [2.45, 2.75) is 19.4 Å². The molecule has 0 atom stereocenters. The number of pyridine rings is 1. The first-order chi connectivity index (χ1) is 11.7. The molecule has 6 nitrogen and oxygen atoms in total. The summed E-state index contributed by atoms with van der Waals surface area (Å²) in [5, 5.41) is 16.8. The molecule has 0 unspecified atom stereocenters. The third kappa shape index (κ3) is 4.19. The van der Waals surface area contributed by atoms with Crippen LogP contribution in [-0.2, 0) is 17.8 Å². The number of rotatable bonds is 6. The van der Waals surface area contributed by atoms with E-state index in [1.807, 2.05) is 30.3 Å². The molecule has 122 valence electrons. The zero-order chi connectivity index (χ0) is 16.8. The predicted octanol–water partition coefficient (Wildman–Crippen LogP) is 2.60. The van der Waals surface area contributed by atoms with Gasteiger partial charge >= 0.3 is 0 Å². The number of benzene rings is 1. The molecule has 3 aromatic rings. The first-order valence-electron chi connectivity index (χ1n) is 7.71. The highest BCUT2D eigenvalue weighted by atomic mass is 16.3. The number of aryl methyl sites for hydroxylation is 1. The van der Waals surface area contributed by atoms with Crippen molar-refractivity contribution in [2.75, 3.05) is 5.32 Å². The molecular formula is C18H18N4O2. The molecule has 0 radical (unpaired) electrons. The van der Waals surface area contributed by atoms with Crippen LogP contribution in [0.4, 0.5) is 5.82 Å². The number of phenols is 1. The molecule has 3 rings (SSSR count). The third-order valence-electron chi connectivity index (χ3n) is 3.57. The van der Waals surface area contributed by atoms with Crippen LogP contribution >= 0.6 is 0 Å². The Morgan fingerprint density at radius 1 is 1.12 bits per heavy atom. The molecule has 0 fully saturated rings. The van der Waals surface area contributed by atoms with Crippen LogP contribution in [0.5, 0.6) is 5.75 Å². The fourth-order valence-corrected chi connectivity index (χ4v) is 2.35. The van der Waals surface area contributed by atoms with Crippen molar-refractivity contribution in [3.63, 3.8) is 0 Å². The Bertz CT molecular complexity index is 815. The van der Waals surface area contributed by atoms with Crippen molar-refractivity contribution in [1.82, 2.24) is 14.8 Å². The van der Waals surface area contributed by atoms with Crippen LogP contribution in [0.15, 0.2) is 60.9 Å². The molecule has 0 bridgehead atoms. The summed E-state index contributed by atoms with van der Waals surface area (Å²) >= 11 is 0. The molecule has 0 aliphatic heterocycles. The average molecular weight is 322 g/mol. The Kier molecular flexibility index (Phi) is 4.86. The fraction of sp³-hybridized carbons (Fsp3) is 0.167. The summed E-state index contributed by atoms with van der Waals surface area (Å²) in [5.74, 6) is 0.583. The van der Waals surface area contributed by atoms with E-state index in [0.29, 0.717) is 18.8 Å². The molecule has 0 aliphatic rings. The summed E-state index contributed by atoms with van der Waals surface area (Å²) in [6.07, 6.45) is 4.30. The first-order valence-corrected chi connectivity index (χ1v) is 7.71. The van der Waals surface area contributed by atoms with Gasteiger partial charge in [-0.15, -0.1) is 0 Å². The topological polar surface area (TPSA) is 80.0 Å². The van der Waals surface area contributed by atoms with Gasteiger partial charge in [-0.3, -0.25) is 14.5 Å². The number of nitrogens with zero attached hydrogens (tertiary/aromatic N) is 3. The van der Waals surface area contributed by atoms with E-state index in [9.17, 15) is 9.90 Å². The van der Waals surface area contributed by atoms with Gasteiger partial charge < -0.3 is 10.4 Å². The minimum Gasteiger partial charge on any atom is -0.508 e. The number of hydrogen-bond acceptors (Lipinski definition) is 4. The normalized spacial score (nSPS) is 10.5. The molecule has 2 heterocycles. The van der Waals surface area contributed by atoms with Crippen LogP contribution in [0.3, 0.4) is 0 Å². The van der Waals surface area contributed by atoms with Crippen molar-refractivity contribution >= 4 is 11.7 Å². The van der Waals surface area contributed by atoms with Gasteiger partial charge in [0.1, 0.15) is 5.75 Å². The summed E-state index contributed by atoms with van der Waals surface area (Å²) in [7, 11) is 0. The third-order valence-corrected chi connectivity index (χ3v) is 3.57. The van der Waals surface area contributed by atoms with Crippen LogP contribution in [0, 0.1) is 0 Å². The molecule has 1 aromatic carbocycles. The van der Waals surface area contributed by atoms with E-state index in [2.05, 4.69) is 15.4 Å². The van der Waals surface area contributed by atoms with Crippen molar-refractivity contribution in [3.05, 3.63) is 72.2 Å². The molecule has 0 saturated carbocycles. The van der Waals surface area contributed by atoms with Gasteiger partial charge in [0.15, 0.2) is 5.82 Å². The molecule has 1 amide bonds. The second-order valence-corrected chi connectivity index (χ2v) is 5.40. The van der Waals surface area contributed by atoms with Gasteiger partial charge in [0, 0.05) is 24.9 Å². The van der Waals surface area contributed by atoms with Gasteiger partial charge in [0.25, 0.3) is 0 Å². The highest BCUT2D eigenvalue weighted by Crippen LogP contribution is 2.17. The number of aromatic nitrogens is 3. The lowest BCUT2D eigenvalue weighted by molar-refractivity contribution is -0.116. The van der Waals surface area contributed by atoms with Gasteiger partial charge in [-0.2, -0.15) is 5.10 Å². The maximum Gasteiger partial charge on any atom is 0.225 e. The van der Waals surface area contributed by atoms with E-state index in [1.54, 1.807) is 35.3 Å². The maximum atomic E-state index is 12.0. The van der Waals surface area contributed by atoms with Crippen LogP contribution in [0.1, 0.15) is 17.7 Å². The van der Waals surface area contributed by atoms with E-state index >= 15 is 0 Å². The van der Waals surface area contributed by atoms with Crippen LogP contribution in [-0.4, -0.2) is 25.8 Å². The zero-order valence-electron chi connectivity index (χ0n) is 13.1. The molecular weight excluding hydrogens is 304 g/mol. The Labute approximate surface area is 139 Å². The molecule has 2 aromatic heterocycles. The number of phenolic OH excluding ortho intramolecular Hbond substituents is 1. The average Bonchev–Trinajstić information content (AvgIpc) is 3.02. The summed E-state index contributed by atoms with van der Waals surface area (Å²) in [4.78, 5) is 16.3. The Hall–Kier alpha value is -3.15. The van der Waals surface area contributed by atoms with Gasteiger partial charge in [-0.25, -0.2) is 0 Å². The van der Waals surface area contributed by atoms with Gasteiger partial charge in [-0.1, -0.05) is 24.3 Å². The molecule has 6 heteroatoms. The van der Waals surface area contributed by atoms with Crippen molar-refractivity contribution < 1.29 is 9.90 Å². The number of anilines is 1. The molecule has 24 heavy (non-hydrogen) atoms. The van der Waals surface area contributed by atoms with Crippen molar-refractivity contribution in [1.29, 1.82) is 0 Å². The summed E-state index contributed by atoms with van der Waals surface area (Å²) in [6.45, 7) is 0.550. The zero-order valence-corrected chi connectivity index (χ0v) is 13.1. The van der Waals surface area contributed by atoms with E-state index in [4.69, 9.17) is 0 Å². The summed E-state index contributed by atoms with van der Waals surface area (Å²) in [6, 6.07) is 14.5. The number of aromatic hydroxyl groups is 1. The van der Waals surface area contributed by atoms with Crippen LogP contribution in [0.25, 0.3) is 0 Å². The highest BCUT2D eigenvalue weighted by molar-refractivity contribution is 5.89. The smallest absolute Gasteiger partial charge is 0.225 e. The van der Waals surface area contributed by atoms with E-state index in [1.165, 1.54) is 0 Å². The second kappa shape index (κ2) is 7.41. The van der Waals surface area contributed by atoms with Gasteiger partial charge in [0.2, 0.25) is 5.91 Å². The Morgan fingerprint density at radius 2 is 1.96 bits per heavy atom. The largest absolute Gasteiger partial charge is 0.508 e. The lowest BCUT2D eigenvalue weighted by Crippen LogP contribution is -2.13. The lowest BCUT2D eigenvalue weighted by atomic mass is 10.1. The molecule has 0 spiro atoms. The second-order valence-electron chi connectivity index (χ2n) is 5.40. The lowest BCUT2D eigenvalue weighted by Gasteiger charge is -2.04. The Balaban J connectivity index is 1.53. The summed E-state index contributed by atoms with van der Waals surface area (Å²) < 4.78 is 1.72. The van der Waals surface area contributed by atoms with Gasteiger partial charge in [-0.05, 0) is 30.2 Å². The van der Waals surface area contributed by atoms with Crippen molar-refractivity contribution in [3.8, 4) is 5.75 Å². The maximum absolute atomic E-state index is 12.0. The first kappa shape index (κ1) is 15.7. The Morgan fingerprint density at radius 3 is 2.75 bits per heavy atom. The highest BCUT2D eigenvalue weighted by Gasteiger charge is 2.08. The van der Waals surface area contributed by atoms with Crippen molar-refractivity contribution in [2.24, 2.45) is 0 Å². The predicted molar refractivity (Wildman–Crippen MR) is 90.6 cm³/mol. The fourth-order valence-electron chi connectivity index (χ4n) is 2.35. The monoisotopic (exact) mass is 322 g/mol. The molecule has 0 saturated heterocycles. The molecule has 0 aliphatic carbocycles. The number of hydrogen-bond donors (Lipinski definition) is 2. The number of nitrogens with one attached hydrogen (secondary N) is 1. The van der Waals surface area contributed by atoms with E-state index in [0.717, 1.165) is 11.3 Å². The van der Waals surface area contributed by atoms with Gasteiger partial charge in [0.05, 0.1) is 12.2 Å². The molecule has 2 N–H and O–H groups in total. The SMILES string of the molecule is O=C(CCc1ccccc1O)Nc1ccn(Cc2ccccn2)n1. The number of amides is 1. The van der Waals surface area contributed by atoms with Crippen LogP contribution in [0.2, 0.25) is 0 Å². The minimum absolute atomic E-state index is 0.138. The van der Waals surface area contributed by atoms with E-state index < -0.39 is 0 Å². The standard InChI is InChI=1S/C18H18N4O2/c23-16-7-2-1-5-14(16)8-9-18(24)20-17-10-12-22(21-17)13-15-6-3-4-11-19-15/h1-7,10-12,23H,8-9,13H2,(H,20,21,24). The summed E-state index contributed by atoms with van der Waals surface area (Å²) in [5.41, 5.74) is 1.66. The number of para-hydroxylation sites is 1. The quantitative estimate of drug-likeness (QED) is 0.731.